The lowest BCUT2D eigenvalue weighted by Crippen LogP contribution is -1.99. The highest BCUT2D eigenvalue weighted by molar-refractivity contribution is 6.33. The lowest BCUT2D eigenvalue weighted by Gasteiger charge is -2.12. The first-order valence-corrected chi connectivity index (χ1v) is 6.29. The Morgan fingerprint density at radius 1 is 1.22 bits per heavy atom. The van der Waals surface area contributed by atoms with Crippen LogP contribution in [0.25, 0.3) is 0 Å². The van der Waals surface area contributed by atoms with Crippen molar-refractivity contribution in [2.24, 2.45) is 0 Å². The van der Waals surface area contributed by atoms with E-state index in [-0.39, 0.29) is 0 Å². The van der Waals surface area contributed by atoms with Gasteiger partial charge in [0.15, 0.2) is 0 Å². The number of benzene rings is 1. The molecule has 1 aromatic carbocycles. The van der Waals surface area contributed by atoms with Gasteiger partial charge in [-0.2, -0.15) is 0 Å². The predicted molar refractivity (Wildman–Crippen MR) is 77.9 cm³/mol. The summed E-state index contributed by atoms with van der Waals surface area (Å²) >= 11 is 6.18. The summed E-state index contributed by atoms with van der Waals surface area (Å²) in [5.74, 6) is 0. The standard InChI is InChI=1S/C14H16ClN3/c1-3-17-11-7-12(9-16-8-11)18-14-10(2)5-4-6-13(14)15/h4-9,17-18H,3H2,1-2H3. The number of hydrogen-bond donors (Lipinski definition) is 2. The van der Waals surface area contributed by atoms with Crippen molar-refractivity contribution in [3.05, 3.63) is 47.2 Å². The Morgan fingerprint density at radius 3 is 2.72 bits per heavy atom. The SMILES string of the molecule is CCNc1cncc(Nc2c(C)cccc2Cl)c1. The molecular formula is C14H16ClN3. The van der Waals surface area contributed by atoms with Gasteiger partial charge in [0.05, 0.1) is 34.5 Å². The van der Waals surface area contributed by atoms with E-state index >= 15 is 0 Å². The highest BCUT2D eigenvalue weighted by Crippen LogP contribution is 2.29. The second-order valence-electron chi connectivity index (χ2n) is 4.05. The number of para-hydroxylation sites is 1. The summed E-state index contributed by atoms with van der Waals surface area (Å²) in [6, 6.07) is 7.85. The first kappa shape index (κ1) is 12.7. The molecule has 0 atom stereocenters. The van der Waals surface area contributed by atoms with Gasteiger partial charge in [-0.3, -0.25) is 4.98 Å². The van der Waals surface area contributed by atoms with Crippen molar-refractivity contribution < 1.29 is 0 Å². The third kappa shape index (κ3) is 2.93. The summed E-state index contributed by atoms with van der Waals surface area (Å²) in [6.07, 6.45) is 3.58. The molecular weight excluding hydrogens is 246 g/mol. The second kappa shape index (κ2) is 5.74. The average Bonchev–Trinajstić information content (AvgIpc) is 2.35. The van der Waals surface area contributed by atoms with Crippen LogP contribution in [-0.2, 0) is 0 Å². The number of hydrogen-bond acceptors (Lipinski definition) is 3. The summed E-state index contributed by atoms with van der Waals surface area (Å²) in [4.78, 5) is 4.19. The number of pyridine rings is 1. The molecule has 0 unspecified atom stereocenters. The molecule has 0 fully saturated rings. The number of anilines is 3. The minimum absolute atomic E-state index is 0.712. The van der Waals surface area contributed by atoms with E-state index in [0.29, 0.717) is 5.02 Å². The number of rotatable bonds is 4. The van der Waals surface area contributed by atoms with Crippen LogP contribution in [0, 0.1) is 6.92 Å². The van der Waals surface area contributed by atoms with Crippen LogP contribution in [0.15, 0.2) is 36.7 Å². The molecule has 0 amide bonds. The van der Waals surface area contributed by atoms with Crippen LogP contribution in [0.5, 0.6) is 0 Å². The van der Waals surface area contributed by atoms with Crippen LogP contribution in [0.3, 0.4) is 0 Å². The molecule has 1 aromatic heterocycles. The monoisotopic (exact) mass is 261 g/mol. The van der Waals surface area contributed by atoms with Crippen LogP contribution >= 0.6 is 11.6 Å². The van der Waals surface area contributed by atoms with Crippen LogP contribution in [-0.4, -0.2) is 11.5 Å². The molecule has 18 heavy (non-hydrogen) atoms. The molecule has 0 saturated carbocycles. The Morgan fingerprint density at radius 2 is 2.00 bits per heavy atom. The van der Waals surface area contributed by atoms with Crippen LogP contribution < -0.4 is 10.6 Å². The van der Waals surface area contributed by atoms with Gasteiger partial charge >= 0.3 is 0 Å². The van der Waals surface area contributed by atoms with E-state index in [2.05, 4.69) is 22.5 Å². The lowest BCUT2D eigenvalue weighted by molar-refractivity contribution is 1.19. The van der Waals surface area contributed by atoms with Gasteiger partial charge in [0, 0.05) is 6.54 Å². The third-order valence-corrected chi connectivity index (χ3v) is 2.93. The van der Waals surface area contributed by atoms with Crippen molar-refractivity contribution >= 4 is 28.7 Å². The van der Waals surface area contributed by atoms with Crippen molar-refractivity contribution in [2.75, 3.05) is 17.2 Å². The Kier molecular flexibility index (Phi) is 4.05. The number of nitrogens with one attached hydrogen (secondary N) is 2. The van der Waals surface area contributed by atoms with Gasteiger partial charge in [0.2, 0.25) is 0 Å². The Balaban J connectivity index is 2.26. The fraction of sp³-hybridized carbons (Fsp3) is 0.214. The maximum absolute atomic E-state index is 6.18. The Bertz CT molecular complexity index is 520. The van der Waals surface area contributed by atoms with E-state index in [4.69, 9.17) is 11.6 Å². The van der Waals surface area contributed by atoms with Crippen LogP contribution in [0.2, 0.25) is 5.02 Å². The molecule has 4 heteroatoms. The minimum atomic E-state index is 0.712. The predicted octanol–water partition coefficient (Wildman–Crippen LogP) is 4.22. The summed E-state index contributed by atoms with van der Waals surface area (Å²) in [7, 11) is 0. The summed E-state index contributed by atoms with van der Waals surface area (Å²) in [5.41, 5.74) is 3.95. The molecule has 3 nitrogen and oxygen atoms in total. The smallest absolute Gasteiger partial charge is 0.0643 e. The first-order chi connectivity index (χ1) is 8.70. The minimum Gasteiger partial charge on any atom is -0.384 e. The third-order valence-electron chi connectivity index (χ3n) is 2.61. The normalized spacial score (nSPS) is 10.2. The molecule has 2 rings (SSSR count). The molecule has 2 N–H and O–H groups in total. The van der Waals surface area contributed by atoms with Gasteiger partial charge in [-0.25, -0.2) is 0 Å². The van der Waals surface area contributed by atoms with Crippen molar-refractivity contribution in [3.8, 4) is 0 Å². The molecule has 0 spiro atoms. The molecule has 0 bridgehead atoms. The van der Waals surface area contributed by atoms with Crippen molar-refractivity contribution in [1.29, 1.82) is 0 Å². The maximum Gasteiger partial charge on any atom is 0.0643 e. The fourth-order valence-corrected chi connectivity index (χ4v) is 2.01. The summed E-state index contributed by atoms with van der Waals surface area (Å²) < 4.78 is 0. The van der Waals surface area contributed by atoms with Gasteiger partial charge in [-0.05, 0) is 31.5 Å². The Labute approximate surface area is 112 Å². The Hall–Kier alpha value is -1.74. The zero-order valence-corrected chi connectivity index (χ0v) is 11.3. The zero-order chi connectivity index (χ0) is 13.0. The highest BCUT2D eigenvalue weighted by Gasteiger charge is 2.04. The van der Waals surface area contributed by atoms with Gasteiger partial charge in [0.1, 0.15) is 0 Å². The largest absolute Gasteiger partial charge is 0.384 e. The maximum atomic E-state index is 6.18. The van der Waals surface area contributed by atoms with Crippen molar-refractivity contribution in [2.45, 2.75) is 13.8 Å². The van der Waals surface area contributed by atoms with Crippen molar-refractivity contribution in [3.63, 3.8) is 0 Å². The van der Waals surface area contributed by atoms with Crippen molar-refractivity contribution in [1.82, 2.24) is 4.98 Å². The lowest BCUT2D eigenvalue weighted by atomic mass is 10.2. The molecule has 94 valence electrons. The molecule has 0 aliphatic carbocycles. The highest BCUT2D eigenvalue weighted by atomic mass is 35.5. The second-order valence-corrected chi connectivity index (χ2v) is 4.46. The number of aryl methyl sites for hydroxylation is 1. The summed E-state index contributed by atoms with van der Waals surface area (Å²) in [6.45, 7) is 4.95. The van der Waals surface area contributed by atoms with Crippen LogP contribution in [0.1, 0.15) is 12.5 Å². The molecule has 1 heterocycles. The van der Waals surface area contributed by atoms with Crippen LogP contribution in [0.4, 0.5) is 17.1 Å². The van der Waals surface area contributed by atoms with E-state index in [1.165, 1.54) is 0 Å². The van der Waals surface area contributed by atoms with E-state index in [1.54, 1.807) is 12.4 Å². The summed E-state index contributed by atoms with van der Waals surface area (Å²) in [5, 5.41) is 7.24. The molecule has 0 aliphatic heterocycles. The zero-order valence-electron chi connectivity index (χ0n) is 10.5. The fourth-order valence-electron chi connectivity index (χ4n) is 1.74. The first-order valence-electron chi connectivity index (χ1n) is 5.91. The van der Waals surface area contributed by atoms with Gasteiger partial charge in [0.25, 0.3) is 0 Å². The number of nitrogens with zero attached hydrogens (tertiary/aromatic N) is 1. The van der Waals surface area contributed by atoms with E-state index < -0.39 is 0 Å². The average molecular weight is 262 g/mol. The molecule has 0 saturated heterocycles. The molecule has 2 aromatic rings. The van der Waals surface area contributed by atoms with Gasteiger partial charge in [-0.1, -0.05) is 23.7 Å². The van der Waals surface area contributed by atoms with Gasteiger partial charge < -0.3 is 10.6 Å². The topological polar surface area (TPSA) is 37.0 Å². The van der Waals surface area contributed by atoms with E-state index in [1.807, 2.05) is 31.2 Å². The molecule has 0 radical (unpaired) electrons. The molecule has 0 aliphatic rings. The van der Waals surface area contributed by atoms with Gasteiger partial charge in [-0.15, -0.1) is 0 Å². The number of aromatic nitrogens is 1. The number of halogens is 1. The quantitative estimate of drug-likeness (QED) is 0.865. The van der Waals surface area contributed by atoms with E-state index in [9.17, 15) is 0 Å². The van der Waals surface area contributed by atoms with E-state index in [0.717, 1.165) is 29.2 Å².